The summed E-state index contributed by atoms with van der Waals surface area (Å²) < 4.78 is 1.30. The van der Waals surface area contributed by atoms with Gasteiger partial charge in [-0.1, -0.05) is 15.9 Å². The summed E-state index contributed by atoms with van der Waals surface area (Å²) in [6.07, 6.45) is 7.61. The van der Waals surface area contributed by atoms with E-state index in [-0.39, 0.29) is 6.04 Å². The quantitative estimate of drug-likeness (QED) is 0.806. The Morgan fingerprint density at radius 3 is 3.06 bits per heavy atom. The van der Waals surface area contributed by atoms with Crippen LogP contribution in [-0.4, -0.2) is 36.5 Å². The molecule has 0 radical (unpaired) electrons. The summed E-state index contributed by atoms with van der Waals surface area (Å²) >= 11 is 3.58. The molecule has 2 heterocycles. The van der Waals surface area contributed by atoms with Crippen LogP contribution < -0.4 is 5.32 Å². The Bertz CT molecular complexity index is 422. The molecule has 0 bridgehead atoms. The predicted molar refractivity (Wildman–Crippen MR) is 75.5 cm³/mol. The summed E-state index contributed by atoms with van der Waals surface area (Å²) in [4.78, 5) is 14.4. The molecule has 2 aliphatic heterocycles. The van der Waals surface area contributed by atoms with Crippen molar-refractivity contribution in [1.82, 2.24) is 10.2 Å². The fourth-order valence-electron chi connectivity index (χ4n) is 3.09. The molecule has 1 amide bonds. The van der Waals surface area contributed by atoms with Crippen molar-refractivity contribution in [3.05, 3.63) is 21.7 Å². The van der Waals surface area contributed by atoms with Gasteiger partial charge in [-0.2, -0.15) is 0 Å². The third-order valence-corrected chi connectivity index (χ3v) is 4.78. The summed E-state index contributed by atoms with van der Waals surface area (Å²) in [5.41, 5.74) is 2.92. The average molecular weight is 311 g/mol. The van der Waals surface area contributed by atoms with E-state index in [1.165, 1.54) is 15.6 Å². The fraction of sp³-hybridized carbons (Fsp3) is 0.643. The van der Waals surface area contributed by atoms with Crippen LogP contribution in [0.15, 0.2) is 21.7 Å². The minimum absolute atomic E-state index is 0.0815. The summed E-state index contributed by atoms with van der Waals surface area (Å²) in [6.45, 7) is 2.73. The van der Waals surface area contributed by atoms with E-state index in [1.54, 1.807) is 0 Å². The number of hydrogen-bond donors (Lipinski definition) is 1. The predicted octanol–water partition coefficient (Wildman–Crippen LogP) is 2.34. The Morgan fingerprint density at radius 2 is 2.28 bits per heavy atom. The normalized spacial score (nSPS) is 28.2. The maximum absolute atomic E-state index is 12.4. The van der Waals surface area contributed by atoms with Crippen molar-refractivity contribution in [2.45, 2.75) is 38.1 Å². The van der Waals surface area contributed by atoms with Crippen LogP contribution in [0.25, 0.3) is 0 Å². The molecule has 1 unspecified atom stereocenters. The minimum atomic E-state index is 0.0815. The number of rotatable bonds is 1. The van der Waals surface area contributed by atoms with E-state index in [0.29, 0.717) is 5.91 Å². The number of carbonyl (C=O) groups is 1. The van der Waals surface area contributed by atoms with Crippen LogP contribution in [0.4, 0.5) is 0 Å². The molecule has 0 aromatic rings. The van der Waals surface area contributed by atoms with Gasteiger partial charge in [0, 0.05) is 13.1 Å². The summed E-state index contributed by atoms with van der Waals surface area (Å²) in [6, 6.07) is 0.0815. The maximum atomic E-state index is 12.4. The minimum Gasteiger partial charge on any atom is -0.337 e. The topological polar surface area (TPSA) is 32.3 Å². The molecule has 18 heavy (non-hydrogen) atoms. The van der Waals surface area contributed by atoms with Crippen molar-refractivity contribution < 1.29 is 4.79 Å². The number of halogens is 1. The zero-order valence-corrected chi connectivity index (χ0v) is 12.1. The second-order valence-electron chi connectivity index (χ2n) is 5.38. The zero-order chi connectivity index (χ0) is 12.5. The van der Waals surface area contributed by atoms with Crippen molar-refractivity contribution in [2.75, 3.05) is 19.6 Å². The van der Waals surface area contributed by atoms with Gasteiger partial charge in [-0.3, -0.25) is 4.79 Å². The zero-order valence-electron chi connectivity index (χ0n) is 10.5. The molecule has 3 aliphatic rings. The first-order chi connectivity index (χ1) is 8.74. The highest BCUT2D eigenvalue weighted by Gasteiger charge is 2.30. The van der Waals surface area contributed by atoms with Crippen molar-refractivity contribution in [2.24, 2.45) is 0 Å². The molecule has 1 fully saturated rings. The van der Waals surface area contributed by atoms with Crippen molar-refractivity contribution in [3.8, 4) is 0 Å². The van der Waals surface area contributed by atoms with Gasteiger partial charge in [0.25, 0.3) is 0 Å². The Hall–Kier alpha value is -0.610. The Balaban J connectivity index is 1.69. The van der Waals surface area contributed by atoms with Gasteiger partial charge in [0.1, 0.15) is 0 Å². The highest BCUT2D eigenvalue weighted by molar-refractivity contribution is 9.11. The van der Waals surface area contributed by atoms with E-state index in [1.807, 2.05) is 0 Å². The largest absolute Gasteiger partial charge is 0.337 e. The average Bonchev–Trinajstić information content (AvgIpc) is 2.91. The first-order valence-corrected chi connectivity index (χ1v) is 7.62. The van der Waals surface area contributed by atoms with Crippen molar-refractivity contribution in [3.63, 3.8) is 0 Å². The van der Waals surface area contributed by atoms with Crippen LogP contribution in [0.5, 0.6) is 0 Å². The number of amides is 1. The molecule has 0 aromatic heterocycles. The molecular weight excluding hydrogens is 292 g/mol. The molecule has 3 nitrogen and oxygen atoms in total. The van der Waals surface area contributed by atoms with Gasteiger partial charge in [0.2, 0.25) is 5.91 Å². The monoisotopic (exact) mass is 310 g/mol. The molecule has 98 valence electrons. The number of hydrogen-bond acceptors (Lipinski definition) is 2. The molecule has 1 saturated heterocycles. The van der Waals surface area contributed by atoms with Crippen LogP contribution >= 0.6 is 15.9 Å². The van der Waals surface area contributed by atoms with Crippen LogP contribution in [0.1, 0.15) is 32.1 Å². The number of allylic oxidation sites excluding steroid dienone is 2. The standard InChI is InChI=1S/C14H19BrN2O/c15-12-4-3-11-9-17(7-5-10(11)8-12)14(18)13-2-1-6-16-13/h8,13,16H,1-7,9H2. The first-order valence-electron chi connectivity index (χ1n) is 6.83. The number of carbonyl (C=O) groups excluding carboxylic acids is 1. The molecular formula is C14H19BrN2O. The molecule has 1 N–H and O–H groups in total. The van der Waals surface area contributed by atoms with Gasteiger partial charge >= 0.3 is 0 Å². The van der Waals surface area contributed by atoms with Gasteiger partial charge in [0.05, 0.1) is 6.04 Å². The van der Waals surface area contributed by atoms with Crippen LogP contribution in [-0.2, 0) is 4.79 Å². The number of nitrogens with one attached hydrogen (secondary N) is 1. The lowest BCUT2D eigenvalue weighted by Crippen LogP contribution is -2.46. The second-order valence-corrected chi connectivity index (χ2v) is 6.40. The second kappa shape index (κ2) is 5.17. The summed E-state index contributed by atoms with van der Waals surface area (Å²) in [7, 11) is 0. The van der Waals surface area contributed by atoms with Crippen LogP contribution in [0, 0.1) is 0 Å². The molecule has 1 atom stereocenters. The van der Waals surface area contributed by atoms with Crippen LogP contribution in [0.3, 0.4) is 0 Å². The Labute approximate surface area is 116 Å². The highest BCUT2D eigenvalue weighted by atomic mass is 79.9. The van der Waals surface area contributed by atoms with Crippen molar-refractivity contribution in [1.29, 1.82) is 0 Å². The van der Waals surface area contributed by atoms with E-state index in [9.17, 15) is 4.79 Å². The van der Waals surface area contributed by atoms with Gasteiger partial charge in [0.15, 0.2) is 0 Å². The lowest BCUT2D eigenvalue weighted by Gasteiger charge is -2.33. The molecule has 0 aromatic carbocycles. The van der Waals surface area contributed by atoms with Crippen LogP contribution in [0.2, 0.25) is 0 Å². The first kappa shape index (κ1) is 12.4. The smallest absolute Gasteiger partial charge is 0.240 e. The van der Waals surface area contributed by atoms with Gasteiger partial charge in [-0.25, -0.2) is 0 Å². The lowest BCUT2D eigenvalue weighted by molar-refractivity contribution is -0.132. The summed E-state index contributed by atoms with van der Waals surface area (Å²) in [5, 5.41) is 3.31. The molecule has 3 rings (SSSR count). The van der Waals surface area contributed by atoms with Gasteiger partial charge < -0.3 is 10.2 Å². The molecule has 1 aliphatic carbocycles. The Kier molecular flexibility index (Phi) is 3.57. The van der Waals surface area contributed by atoms with E-state index < -0.39 is 0 Å². The van der Waals surface area contributed by atoms with E-state index >= 15 is 0 Å². The third-order valence-electron chi connectivity index (χ3n) is 4.15. The fourth-order valence-corrected chi connectivity index (χ4v) is 3.57. The van der Waals surface area contributed by atoms with Crippen molar-refractivity contribution >= 4 is 21.8 Å². The third kappa shape index (κ3) is 2.41. The SMILES string of the molecule is O=C(C1CCCN1)N1CCC2=C(CCC(Br)=C2)C1. The summed E-state index contributed by atoms with van der Waals surface area (Å²) in [5.74, 6) is 0.313. The highest BCUT2D eigenvalue weighted by Crippen LogP contribution is 2.32. The molecule has 4 heteroatoms. The molecule has 0 spiro atoms. The Morgan fingerprint density at radius 1 is 1.39 bits per heavy atom. The van der Waals surface area contributed by atoms with E-state index in [4.69, 9.17) is 0 Å². The number of nitrogens with zero attached hydrogens (tertiary/aromatic N) is 1. The van der Waals surface area contributed by atoms with E-state index in [2.05, 4.69) is 32.2 Å². The van der Waals surface area contributed by atoms with Gasteiger partial charge in [-0.15, -0.1) is 0 Å². The van der Waals surface area contributed by atoms with E-state index in [0.717, 1.165) is 51.7 Å². The lowest BCUT2D eigenvalue weighted by atomic mass is 9.91. The molecule has 0 saturated carbocycles. The van der Waals surface area contributed by atoms with Gasteiger partial charge in [-0.05, 0) is 60.4 Å². The maximum Gasteiger partial charge on any atom is 0.240 e.